The van der Waals surface area contributed by atoms with Crippen LogP contribution in [0.15, 0.2) is 72.9 Å². The average molecular weight is 391 g/mol. The summed E-state index contributed by atoms with van der Waals surface area (Å²) in [4.78, 5) is 10.2. The van der Waals surface area contributed by atoms with Crippen molar-refractivity contribution < 1.29 is 0 Å². The molecule has 140 valence electrons. The molecule has 6 nitrogen and oxygen atoms in total. The number of anilines is 2. The zero-order chi connectivity index (χ0) is 19.5. The monoisotopic (exact) mass is 390 g/mol. The van der Waals surface area contributed by atoms with Crippen LogP contribution >= 0.6 is 11.6 Å². The fourth-order valence-corrected chi connectivity index (χ4v) is 3.22. The molecule has 0 fully saturated rings. The van der Waals surface area contributed by atoms with Gasteiger partial charge in [0.25, 0.3) is 0 Å². The van der Waals surface area contributed by atoms with Crippen LogP contribution in [0.25, 0.3) is 16.9 Å². The maximum absolute atomic E-state index is 6.03. The number of para-hydroxylation sites is 1. The molecule has 2 heterocycles. The minimum absolute atomic E-state index is 0.151. The Labute approximate surface area is 168 Å². The summed E-state index contributed by atoms with van der Waals surface area (Å²) in [6, 6.07) is 21.9. The van der Waals surface area contributed by atoms with E-state index >= 15 is 0 Å². The van der Waals surface area contributed by atoms with E-state index in [9.17, 15) is 0 Å². The highest BCUT2D eigenvalue weighted by Crippen LogP contribution is 2.26. The van der Waals surface area contributed by atoms with Crippen molar-refractivity contribution in [1.82, 2.24) is 19.7 Å². The molecule has 0 aliphatic rings. The molecule has 0 radical (unpaired) electrons. The number of nitrogens with zero attached hydrogens (tertiary/aromatic N) is 5. The molecule has 0 saturated carbocycles. The Kier molecular flexibility index (Phi) is 4.95. The van der Waals surface area contributed by atoms with E-state index in [1.807, 2.05) is 71.4 Å². The molecule has 0 spiro atoms. The number of halogens is 1. The van der Waals surface area contributed by atoms with Gasteiger partial charge in [-0.3, -0.25) is 0 Å². The van der Waals surface area contributed by atoms with Crippen molar-refractivity contribution in [2.24, 2.45) is 0 Å². The normalized spacial score (nSPS) is 10.8. The van der Waals surface area contributed by atoms with E-state index < -0.39 is 0 Å². The van der Waals surface area contributed by atoms with Crippen LogP contribution in [0.3, 0.4) is 0 Å². The van der Waals surface area contributed by atoms with Gasteiger partial charge in [0.1, 0.15) is 11.0 Å². The quantitative estimate of drug-likeness (QED) is 0.517. The van der Waals surface area contributed by atoms with Crippen LogP contribution in [0.5, 0.6) is 0 Å². The largest absolute Gasteiger partial charge is 0.368 e. The molecule has 0 bridgehead atoms. The third-order valence-electron chi connectivity index (χ3n) is 4.36. The maximum Gasteiger partial charge on any atom is 0.223 e. The summed E-state index contributed by atoms with van der Waals surface area (Å²) in [6.45, 7) is 0.587. The van der Waals surface area contributed by atoms with Gasteiger partial charge in [-0.2, -0.15) is 10.1 Å². The highest BCUT2D eigenvalue weighted by atomic mass is 35.5. The van der Waals surface area contributed by atoms with E-state index in [-0.39, 0.29) is 5.95 Å². The van der Waals surface area contributed by atoms with Crippen LogP contribution in [0.1, 0.15) is 5.56 Å². The van der Waals surface area contributed by atoms with Gasteiger partial charge in [-0.1, -0.05) is 60.1 Å². The highest BCUT2D eigenvalue weighted by molar-refractivity contribution is 6.29. The van der Waals surface area contributed by atoms with Crippen molar-refractivity contribution in [2.75, 3.05) is 17.7 Å². The van der Waals surface area contributed by atoms with Gasteiger partial charge in [-0.25, -0.2) is 9.67 Å². The third kappa shape index (κ3) is 3.82. The number of aromatic nitrogens is 4. The van der Waals surface area contributed by atoms with Gasteiger partial charge in [0.2, 0.25) is 5.95 Å². The van der Waals surface area contributed by atoms with E-state index in [0.717, 1.165) is 22.5 Å². The Hall–Kier alpha value is -3.38. The van der Waals surface area contributed by atoms with E-state index in [1.165, 1.54) is 0 Å². The Balaban J connectivity index is 1.73. The Morgan fingerprint density at radius 3 is 2.36 bits per heavy atom. The van der Waals surface area contributed by atoms with Crippen molar-refractivity contribution in [2.45, 2.75) is 6.54 Å². The summed E-state index contributed by atoms with van der Waals surface area (Å²) in [5.74, 6) is 0.807. The Bertz CT molecular complexity index is 1060. The summed E-state index contributed by atoms with van der Waals surface area (Å²) in [7, 11) is 1.94. The first-order valence-electron chi connectivity index (χ1n) is 8.81. The molecule has 0 aliphatic heterocycles. The Morgan fingerprint density at radius 2 is 1.68 bits per heavy atom. The van der Waals surface area contributed by atoms with Crippen LogP contribution in [0.2, 0.25) is 5.15 Å². The molecule has 0 aliphatic carbocycles. The SMILES string of the molecule is CN(Cc1cn(-c2ccccc2)nc1-c1ccccc1)c1cc(Cl)nc(N)n1. The summed E-state index contributed by atoms with van der Waals surface area (Å²) in [5, 5.41) is 5.16. The first-order valence-corrected chi connectivity index (χ1v) is 9.18. The minimum Gasteiger partial charge on any atom is -0.368 e. The zero-order valence-corrected chi connectivity index (χ0v) is 16.1. The van der Waals surface area contributed by atoms with E-state index in [4.69, 9.17) is 22.4 Å². The highest BCUT2D eigenvalue weighted by Gasteiger charge is 2.15. The summed E-state index contributed by atoms with van der Waals surface area (Å²) in [5.41, 5.74) is 9.78. The molecule has 7 heteroatoms. The molecule has 0 atom stereocenters. The van der Waals surface area contributed by atoms with Crippen molar-refractivity contribution in [3.63, 3.8) is 0 Å². The lowest BCUT2D eigenvalue weighted by Gasteiger charge is -2.18. The number of hydrogen-bond acceptors (Lipinski definition) is 5. The summed E-state index contributed by atoms with van der Waals surface area (Å²) < 4.78 is 1.90. The number of hydrogen-bond donors (Lipinski definition) is 1. The lowest BCUT2D eigenvalue weighted by atomic mass is 10.1. The number of benzene rings is 2. The lowest BCUT2D eigenvalue weighted by molar-refractivity contribution is 0.875. The Morgan fingerprint density at radius 1 is 1.00 bits per heavy atom. The summed E-state index contributed by atoms with van der Waals surface area (Å²) >= 11 is 6.03. The fraction of sp³-hybridized carbons (Fsp3) is 0.0952. The maximum atomic E-state index is 6.03. The zero-order valence-electron chi connectivity index (χ0n) is 15.3. The molecule has 2 N–H and O–H groups in total. The molecule has 28 heavy (non-hydrogen) atoms. The number of nitrogens with two attached hydrogens (primary N) is 1. The first kappa shape index (κ1) is 18.0. The van der Waals surface area contributed by atoms with Gasteiger partial charge in [-0.15, -0.1) is 0 Å². The van der Waals surface area contributed by atoms with E-state index in [0.29, 0.717) is 17.5 Å². The van der Waals surface area contributed by atoms with Crippen molar-refractivity contribution in [1.29, 1.82) is 0 Å². The minimum atomic E-state index is 0.151. The lowest BCUT2D eigenvalue weighted by Crippen LogP contribution is -2.18. The van der Waals surface area contributed by atoms with Crippen LogP contribution < -0.4 is 10.6 Å². The smallest absolute Gasteiger partial charge is 0.223 e. The molecule has 0 unspecified atom stereocenters. The topological polar surface area (TPSA) is 72.9 Å². The van der Waals surface area contributed by atoms with E-state index in [1.54, 1.807) is 6.07 Å². The van der Waals surface area contributed by atoms with Gasteiger partial charge < -0.3 is 10.6 Å². The standard InChI is InChI=1S/C21H19ClN6/c1-27(19-12-18(22)24-21(23)25-19)13-16-14-28(17-10-6-3-7-11-17)26-20(16)15-8-4-2-5-9-15/h2-12,14H,13H2,1H3,(H2,23,24,25). The van der Waals surface area contributed by atoms with Gasteiger partial charge in [0.15, 0.2) is 0 Å². The molecular weight excluding hydrogens is 372 g/mol. The van der Waals surface area contributed by atoms with Crippen molar-refractivity contribution in [3.05, 3.63) is 83.6 Å². The van der Waals surface area contributed by atoms with Gasteiger partial charge in [0, 0.05) is 37.0 Å². The molecule has 0 saturated heterocycles. The second-order valence-electron chi connectivity index (χ2n) is 6.41. The second-order valence-corrected chi connectivity index (χ2v) is 6.80. The van der Waals surface area contributed by atoms with Gasteiger partial charge in [-0.05, 0) is 12.1 Å². The summed E-state index contributed by atoms with van der Waals surface area (Å²) in [6.07, 6.45) is 2.04. The van der Waals surface area contributed by atoms with Crippen LogP contribution in [-0.2, 0) is 6.54 Å². The molecule has 0 amide bonds. The predicted molar refractivity (Wildman–Crippen MR) is 113 cm³/mol. The third-order valence-corrected chi connectivity index (χ3v) is 4.55. The molecule has 4 rings (SSSR count). The average Bonchev–Trinajstić information content (AvgIpc) is 3.12. The van der Waals surface area contributed by atoms with Crippen LogP contribution in [0.4, 0.5) is 11.8 Å². The second kappa shape index (κ2) is 7.70. The predicted octanol–water partition coefficient (Wildman–Crippen LogP) is 4.20. The number of rotatable bonds is 5. The van der Waals surface area contributed by atoms with Gasteiger partial charge >= 0.3 is 0 Å². The first-order chi connectivity index (χ1) is 13.6. The van der Waals surface area contributed by atoms with Crippen LogP contribution in [-0.4, -0.2) is 26.8 Å². The van der Waals surface area contributed by atoms with E-state index in [2.05, 4.69) is 22.1 Å². The molecule has 2 aromatic heterocycles. The number of nitrogen functional groups attached to an aromatic ring is 1. The van der Waals surface area contributed by atoms with Crippen LogP contribution in [0, 0.1) is 0 Å². The van der Waals surface area contributed by atoms with Crippen molar-refractivity contribution >= 4 is 23.4 Å². The van der Waals surface area contributed by atoms with Crippen molar-refractivity contribution in [3.8, 4) is 16.9 Å². The molecule has 2 aromatic carbocycles. The molecule has 4 aromatic rings. The molecular formula is C21H19ClN6. The van der Waals surface area contributed by atoms with Gasteiger partial charge in [0.05, 0.1) is 11.4 Å². The fourth-order valence-electron chi connectivity index (χ4n) is 3.03.